The maximum Gasteiger partial charge on any atom is 0.244 e. The second-order valence-electron chi connectivity index (χ2n) is 4.59. The Balaban J connectivity index is 1.85. The van der Waals surface area contributed by atoms with E-state index in [2.05, 4.69) is 10.2 Å². The second kappa shape index (κ2) is 5.16. The molecule has 1 saturated heterocycles. The molecule has 3 rings (SSSR count). The Labute approximate surface area is 122 Å². The topological polar surface area (TPSA) is 68.1 Å². The SMILES string of the molecule is O=S(=O)(c1ccccc1Cl)N1CCC(n2nccn2)C1. The maximum absolute atomic E-state index is 12.6. The van der Waals surface area contributed by atoms with Gasteiger partial charge in [-0.15, -0.1) is 0 Å². The first-order valence-electron chi connectivity index (χ1n) is 6.19. The monoisotopic (exact) mass is 312 g/mol. The molecule has 0 aliphatic carbocycles. The first-order valence-corrected chi connectivity index (χ1v) is 8.01. The van der Waals surface area contributed by atoms with Crippen molar-refractivity contribution in [2.45, 2.75) is 17.4 Å². The zero-order valence-electron chi connectivity index (χ0n) is 10.6. The molecule has 20 heavy (non-hydrogen) atoms. The minimum atomic E-state index is -3.56. The van der Waals surface area contributed by atoms with E-state index >= 15 is 0 Å². The van der Waals surface area contributed by atoms with Gasteiger partial charge in [0.05, 0.1) is 23.5 Å². The number of benzene rings is 1. The van der Waals surface area contributed by atoms with Gasteiger partial charge in [-0.25, -0.2) is 8.42 Å². The minimum Gasteiger partial charge on any atom is -0.207 e. The molecule has 1 aromatic carbocycles. The van der Waals surface area contributed by atoms with Crippen LogP contribution in [0.15, 0.2) is 41.6 Å². The van der Waals surface area contributed by atoms with E-state index in [1.807, 2.05) is 0 Å². The molecular formula is C12H13ClN4O2S. The summed E-state index contributed by atoms with van der Waals surface area (Å²) in [6, 6.07) is 6.46. The van der Waals surface area contributed by atoms with Crippen molar-refractivity contribution in [1.82, 2.24) is 19.3 Å². The predicted molar refractivity (Wildman–Crippen MR) is 73.9 cm³/mol. The molecule has 2 aromatic rings. The average Bonchev–Trinajstić information content (AvgIpc) is 3.10. The Morgan fingerprint density at radius 3 is 2.60 bits per heavy atom. The normalized spacial score (nSPS) is 20.4. The molecule has 0 saturated carbocycles. The van der Waals surface area contributed by atoms with Crippen molar-refractivity contribution >= 4 is 21.6 Å². The summed E-state index contributed by atoms with van der Waals surface area (Å²) in [6.07, 6.45) is 3.87. The molecule has 1 aromatic heterocycles. The fourth-order valence-electron chi connectivity index (χ4n) is 2.33. The maximum atomic E-state index is 12.6. The molecule has 1 aliphatic heterocycles. The molecule has 1 aliphatic rings. The summed E-state index contributed by atoms with van der Waals surface area (Å²) in [4.78, 5) is 1.71. The van der Waals surface area contributed by atoms with Crippen LogP contribution in [0.5, 0.6) is 0 Å². The van der Waals surface area contributed by atoms with Crippen molar-refractivity contribution < 1.29 is 8.42 Å². The zero-order valence-corrected chi connectivity index (χ0v) is 12.1. The molecule has 1 fully saturated rings. The summed E-state index contributed by atoms with van der Waals surface area (Å²) < 4.78 is 26.6. The number of rotatable bonds is 3. The van der Waals surface area contributed by atoms with Gasteiger partial charge in [0, 0.05) is 13.1 Å². The Kier molecular flexibility index (Phi) is 3.49. The molecular weight excluding hydrogens is 300 g/mol. The molecule has 2 heterocycles. The number of sulfonamides is 1. The van der Waals surface area contributed by atoms with Crippen molar-refractivity contribution in [3.05, 3.63) is 41.7 Å². The molecule has 1 unspecified atom stereocenters. The van der Waals surface area contributed by atoms with Crippen LogP contribution in [0.2, 0.25) is 5.02 Å². The molecule has 0 N–H and O–H groups in total. The van der Waals surface area contributed by atoms with Gasteiger partial charge in [0.25, 0.3) is 0 Å². The van der Waals surface area contributed by atoms with Crippen LogP contribution in [0.4, 0.5) is 0 Å². The second-order valence-corrected chi connectivity index (χ2v) is 6.90. The predicted octanol–water partition coefficient (Wildman–Crippen LogP) is 1.57. The van der Waals surface area contributed by atoms with Crippen LogP contribution in [0.3, 0.4) is 0 Å². The van der Waals surface area contributed by atoms with Crippen LogP contribution in [-0.4, -0.2) is 40.8 Å². The van der Waals surface area contributed by atoms with Crippen LogP contribution >= 0.6 is 11.6 Å². The Morgan fingerprint density at radius 2 is 1.90 bits per heavy atom. The van der Waals surface area contributed by atoms with Crippen molar-refractivity contribution in [3.8, 4) is 0 Å². The lowest BCUT2D eigenvalue weighted by atomic mass is 10.3. The van der Waals surface area contributed by atoms with E-state index in [4.69, 9.17) is 11.6 Å². The molecule has 0 amide bonds. The third kappa shape index (κ3) is 2.32. The first kappa shape index (κ1) is 13.5. The smallest absolute Gasteiger partial charge is 0.207 e. The summed E-state index contributed by atoms with van der Waals surface area (Å²) in [6.45, 7) is 0.808. The quantitative estimate of drug-likeness (QED) is 0.862. The summed E-state index contributed by atoms with van der Waals surface area (Å²) in [5.74, 6) is 0. The lowest BCUT2D eigenvalue weighted by Crippen LogP contribution is -2.29. The highest BCUT2D eigenvalue weighted by molar-refractivity contribution is 7.89. The highest BCUT2D eigenvalue weighted by atomic mass is 35.5. The molecule has 1 atom stereocenters. The van der Waals surface area contributed by atoms with Crippen molar-refractivity contribution in [1.29, 1.82) is 0 Å². The van der Waals surface area contributed by atoms with Crippen LogP contribution in [0.25, 0.3) is 0 Å². The minimum absolute atomic E-state index is 0.0257. The molecule has 6 nitrogen and oxygen atoms in total. The number of halogens is 1. The van der Waals surface area contributed by atoms with Crippen molar-refractivity contribution in [2.75, 3.05) is 13.1 Å². The van der Waals surface area contributed by atoms with E-state index < -0.39 is 10.0 Å². The van der Waals surface area contributed by atoms with Gasteiger partial charge < -0.3 is 0 Å². The Morgan fingerprint density at radius 1 is 1.20 bits per heavy atom. The van der Waals surface area contributed by atoms with Gasteiger partial charge in [-0.1, -0.05) is 23.7 Å². The van der Waals surface area contributed by atoms with Crippen LogP contribution in [-0.2, 0) is 10.0 Å². The Hall–Kier alpha value is -1.44. The van der Waals surface area contributed by atoms with E-state index in [1.54, 1.807) is 35.4 Å². The van der Waals surface area contributed by atoms with Gasteiger partial charge in [0.2, 0.25) is 10.0 Å². The first-order chi connectivity index (χ1) is 9.59. The van der Waals surface area contributed by atoms with Crippen molar-refractivity contribution in [2.24, 2.45) is 0 Å². The molecule has 0 bridgehead atoms. The fourth-order valence-corrected chi connectivity index (χ4v) is 4.31. The number of hydrogen-bond donors (Lipinski definition) is 0. The largest absolute Gasteiger partial charge is 0.244 e. The molecule has 0 spiro atoms. The number of hydrogen-bond acceptors (Lipinski definition) is 4. The van der Waals surface area contributed by atoms with Gasteiger partial charge in [0.1, 0.15) is 4.90 Å². The van der Waals surface area contributed by atoms with Crippen molar-refractivity contribution in [3.63, 3.8) is 0 Å². The molecule has 8 heteroatoms. The summed E-state index contributed by atoms with van der Waals surface area (Å²) in [5.41, 5.74) is 0. The third-order valence-electron chi connectivity index (χ3n) is 3.34. The van der Waals surface area contributed by atoms with E-state index in [1.165, 1.54) is 10.4 Å². The highest BCUT2D eigenvalue weighted by Crippen LogP contribution is 2.29. The highest BCUT2D eigenvalue weighted by Gasteiger charge is 2.34. The van der Waals surface area contributed by atoms with E-state index in [0.29, 0.717) is 19.5 Å². The average molecular weight is 313 g/mol. The Bertz CT molecular complexity index is 702. The molecule has 0 radical (unpaired) electrons. The van der Waals surface area contributed by atoms with E-state index in [9.17, 15) is 8.42 Å². The lowest BCUT2D eigenvalue weighted by Gasteiger charge is -2.17. The van der Waals surface area contributed by atoms with Gasteiger partial charge in [-0.2, -0.15) is 19.3 Å². The van der Waals surface area contributed by atoms with Gasteiger partial charge in [-0.3, -0.25) is 0 Å². The van der Waals surface area contributed by atoms with Crippen LogP contribution in [0, 0.1) is 0 Å². The number of aromatic nitrogens is 3. The number of nitrogens with zero attached hydrogens (tertiary/aromatic N) is 4. The fraction of sp³-hybridized carbons (Fsp3) is 0.333. The summed E-state index contributed by atoms with van der Waals surface area (Å²) in [7, 11) is -3.56. The zero-order chi connectivity index (χ0) is 14.2. The van der Waals surface area contributed by atoms with Crippen LogP contribution < -0.4 is 0 Å². The van der Waals surface area contributed by atoms with Crippen LogP contribution in [0.1, 0.15) is 12.5 Å². The van der Waals surface area contributed by atoms with Gasteiger partial charge in [-0.05, 0) is 18.6 Å². The van der Waals surface area contributed by atoms with E-state index in [0.717, 1.165) is 0 Å². The third-order valence-corrected chi connectivity index (χ3v) is 5.71. The summed E-state index contributed by atoms with van der Waals surface area (Å²) in [5, 5.41) is 8.37. The summed E-state index contributed by atoms with van der Waals surface area (Å²) >= 11 is 5.99. The lowest BCUT2D eigenvalue weighted by molar-refractivity contribution is 0.402. The standard InChI is InChI=1S/C12H13ClN4O2S/c13-11-3-1-2-4-12(11)20(18,19)16-8-5-10(9-16)17-14-6-7-15-17/h1-4,6-7,10H,5,8-9H2. The van der Waals surface area contributed by atoms with Gasteiger partial charge in [0.15, 0.2) is 0 Å². The molecule has 106 valence electrons. The van der Waals surface area contributed by atoms with E-state index in [-0.39, 0.29) is 16.0 Å². The van der Waals surface area contributed by atoms with Gasteiger partial charge >= 0.3 is 0 Å².